The van der Waals surface area contributed by atoms with Crippen molar-refractivity contribution in [1.29, 1.82) is 0 Å². The normalized spacial score (nSPS) is 10.3. The Morgan fingerprint density at radius 3 is 2.57 bits per heavy atom. The Bertz CT molecular complexity index is 749. The van der Waals surface area contributed by atoms with Crippen LogP contribution in [0.5, 0.6) is 0 Å². The van der Waals surface area contributed by atoms with Gasteiger partial charge in [-0.05, 0) is 24.3 Å². The van der Waals surface area contributed by atoms with Crippen LogP contribution in [-0.4, -0.2) is 28.0 Å². The molecule has 0 amide bonds. The molecule has 2 heterocycles. The lowest BCUT2D eigenvalue weighted by atomic mass is 10.1. The summed E-state index contributed by atoms with van der Waals surface area (Å²) in [6.45, 7) is 0. The number of aromatic amines is 1. The Balaban J connectivity index is 1.88. The van der Waals surface area contributed by atoms with E-state index in [9.17, 15) is 4.79 Å². The zero-order chi connectivity index (χ0) is 14.7. The van der Waals surface area contributed by atoms with E-state index in [1.807, 2.05) is 36.5 Å². The molecule has 1 aromatic carbocycles. The van der Waals surface area contributed by atoms with E-state index in [1.54, 1.807) is 18.3 Å². The average molecular weight is 279 g/mol. The maximum absolute atomic E-state index is 11.4. The van der Waals surface area contributed by atoms with Crippen molar-refractivity contribution < 1.29 is 9.53 Å². The summed E-state index contributed by atoms with van der Waals surface area (Å²) >= 11 is 0. The first kappa shape index (κ1) is 13.1. The van der Waals surface area contributed by atoms with Gasteiger partial charge in [-0.2, -0.15) is 0 Å². The van der Waals surface area contributed by atoms with Crippen LogP contribution in [0.2, 0.25) is 0 Å². The van der Waals surface area contributed by atoms with Gasteiger partial charge >= 0.3 is 5.97 Å². The summed E-state index contributed by atoms with van der Waals surface area (Å²) in [6.07, 6.45) is 3.54. The molecule has 1 N–H and O–H groups in total. The molecule has 0 aliphatic rings. The maximum atomic E-state index is 11.4. The van der Waals surface area contributed by atoms with Gasteiger partial charge in [0.25, 0.3) is 0 Å². The van der Waals surface area contributed by atoms with Crippen LogP contribution in [0.25, 0.3) is 22.8 Å². The Kier molecular flexibility index (Phi) is 3.47. The second kappa shape index (κ2) is 5.58. The highest BCUT2D eigenvalue weighted by atomic mass is 16.5. The third-order valence-electron chi connectivity index (χ3n) is 3.09. The number of hydrogen-bond donors (Lipinski definition) is 1. The van der Waals surface area contributed by atoms with Crippen molar-refractivity contribution in [1.82, 2.24) is 15.0 Å². The summed E-state index contributed by atoms with van der Waals surface area (Å²) < 4.78 is 4.67. The Hall–Kier alpha value is -2.95. The monoisotopic (exact) mass is 279 g/mol. The van der Waals surface area contributed by atoms with Crippen LogP contribution < -0.4 is 0 Å². The molecule has 5 heteroatoms. The number of esters is 1. The van der Waals surface area contributed by atoms with Crippen LogP contribution in [-0.2, 0) is 4.74 Å². The number of H-pyrrole nitrogens is 1. The SMILES string of the molecule is COC(=O)c1ccc(-c2c[nH]c(-c3ccccn3)n2)cc1. The molecular formula is C16H13N3O2. The number of hydrogen-bond acceptors (Lipinski definition) is 4. The van der Waals surface area contributed by atoms with Crippen molar-refractivity contribution in [3.8, 4) is 22.8 Å². The van der Waals surface area contributed by atoms with Crippen molar-refractivity contribution >= 4 is 5.97 Å². The Morgan fingerprint density at radius 1 is 1.10 bits per heavy atom. The molecule has 0 fully saturated rings. The second-order valence-corrected chi connectivity index (χ2v) is 4.42. The summed E-state index contributed by atoms with van der Waals surface area (Å²) in [5, 5.41) is 0. The van der Waals surface area contributed by atoms with E-state index in [1.165, 1.54) is 7.11 Å². The van der Waals surface area contributed by atoms with Crippen molar-refractivity contribution in [3.05, 3.63) is 60.4 Å². The highest BCUT2D eigenvalue weighted by Gasteiger charge is 2.08. The zero-order valence-electron chi connectivity index (χ0n) is 11.4. The number of rotatable bonds is 3. The minimum Gasteiger partial charge on any atom is -0.465 e. The minimum atomic E-state index is -0.349. The van der Waals surface area contributed by atoms with Crippen LogP contribution >= 0.6 is 0 Å². The van der Waals surface area contributed by atoms with Crippen LogP contribution in [0.4, 0.5) is 0 Å². The van der Waals surface area contributed by atoms with Crippen LogP contribution in [0.15, 0.2) is 54.9 Å². The van der Waals surface area contributed by atoms with Gasteiger partial charge in [-0.15, -0.1) is 0 Å². The molecule has 0 aliphatic carbocycles. The lowest BCUT2D eigenvalue weighted by molar-refractivity contribution is 0.0601. The third-order valence-corrected chi connectivity index (χ3v) is 3.09. The molecule has 0 bridgehead atoms. The predicted octanol–water partition coefficient (Wildman–Crippen LogP) is 2.93. The van der Waals surface area contributed by atoms with E-state index in [2.05, 4.69) is 19.7 Å². The maximum Gasteiger partial charge on any atom is 0.337 e. The standard InChI is InChI=1S/C16H13N3O2/c1-21-16(20)12-7-5-11(6-8-12)14-10-18-15(19-14)13-4-2-3-9-17-13/h2-10H,1H3,(H,18,19). The number of methoxy groups -OCH3 is 1. The van der Waals surface area contributed by atoms with Gasteiger partial charge in [0.2, 0.25) is 0 Å². The van der Waals surface area contributed by atoms with E-state index < -0.39 is 0 Å². The van der Waals surface area contributed by atoms with Crippen molar-refractivity contribution in [2.45, 2.75) is 0 Å². The molecule has 3 aromatic rings. The number of aromatic nitrogens is 3. The Labute approximate surface area is 121 Å². The van der Waals surface area contributed by atoms with E-state index in [-0.39, 0.29) is 5.97 Å². The summed E-state index contributed by atoms with van der Waals surface area (Å²) in [7, 11) is 1.36. The predicted molar refractivity (Wildman–Crippen MR) is 78.6 cm³/mol. The fraction of sp³-hybridized carbons (Fsp3) is 0.0625. The molecule has 0 aliphatic heterocycles. The number of carbonyl (C=O) groups excluding carboxylic acids is 1. The van der Waals surface area contributed by atoms with Gasteiger partial charge in [-0.3, -0.25) is 4.98 Å². The summed E-state index contributed by atoms with van der Waals surface area (Å²) in [5.41, 5.74) is 3.02. The molecular weight excluding hydrogens is 266 g/mol. The summed E-state index contributed by atoms with van der Waals surface area (Å²) in [4.78, 5) is 23.3. The molecule has 0 unspecified atom stereocenters. The molecule has 3 rings (SSSR count). The average Bonchev–Trinajstić information content (AvgIpc) is 3.05. The molecule has 0 spiro atoms. The fourth-order valence-electron chi connectivity index (χ4n) is 2.00. The number of benzene rings is 1. The lowest BCUT2D eigenvalue weighted by Crippen LogP contribution is -2.00. The molecule has 0 radical (unpaired) electrons. The van der Waals surface area contributed by atoms with E-state index in [0.717, 1.165) is 17.0 Å². The van der Waals surface area contributed by atoms with Gasteiger partial charge in [0.15, 0.2) is 5.82 Å². The first-order valence-electron chi connectivity index (χ1n) is 6.43. The molecule has 104 valence electrons. The summed E-state index contributed by atoms with van der Waals surface area (Å²) in [6, 6.07) is 12.8. The number of ether oxygens (including phenoxy) is 1. The second-order valence-electron chi connectivity index (χ2n) is 4.42. The molecule has 0 saturated heterocycles. The number of nitrogens with one attached hydrogen (secondary N) is 1. The van der Waals surface area contributed by atoms with Gasteiger partial charge in [0.1, 0.15) is 5.69 Å². The van der Waals surface area contributed by atoms with Crippen molar-refractivity contribution in [2.75, 3.05) is 7.11 Å². The van der Waals surface area contributed by atoms with E-state index >= 15 is 0 Å². The molecule has 0 atom stereocenters. The zero-order valence-corrected chi connectivity index (χ0v) is 11.4. The van der Waals surface area contributed by atoms with Crippen LogP contribution in [0.1, 0.15) is 10.4 Å². The fourth-order valence-corrected chi connectivity index (χ4v) is 2.00. The smallest absolute Gasteiger partial charge is 0.337 e. The largest absolute Gasteiger partial charge is 0.465 e. The number of imidazole rings is 1. The Morgan fingerprint density at radius 2 is 1.90 bits per heavy atom. The topological polar surface area (TPSA) is 67.9 Å². The van der Waals surface area contributed by atoms with Gasteiger partial charge < -0.3 is 9.72 Å². The first-order chi connectivity index (χ1) is 10.3. The van der Waals surface area contributed by atoms with E-state index in [4.69, 9.17) is 0 Å². The molecule has 2 aromatic heterocycles. The molecule has 0 saturated carbocycles. The first-order valence-corrected chi connectivity index (χ1v) is 6.43. The highest BCUT2D eigenvalue weighted by molar-refractivity contribution is 5.89. The van der Waals surface area contributed by atoms with Gasteiger partial charge in [-0.25, -0.2) is 9.78 Å². The number of nitrogens with zero attached hydrogens (tertiary/aromatic N) is 2. The third kappa shape index (κ3) is 2.67. The lowest BCUT2D eigenvalue weighted by Gasteiger charge is -2.00. The minimum absolute atomic E-state index is 0.349. The highest BCUT2D eigenvalue weighted by Crippen LogP contribution is 2.21. The van der Waals surface area contributed by atoms with Crippen LogP contribution in [0, 0.1) is 0 Å². The van der Waals surface area contributed by atoms with Gasteiger partial charge in [0.05, 0.1) is 18.4 Å². The van der Waals surface area contributed by atoms with Crippen LogP contribution in [0.3, 0.4) is 0 Å². The van der Waals surface area contributed by atoms with Crippen molar-refractivity contribution in [3.63, 3.8) is 0 Å². The number of pyridine rings is 1. The summed E-state index contributed by atoms with van der Waals surface area (Å²) in [5.74, 6) is 0.361. The quantitative estimate of drug-likeness (QED) is 0.748. The van der Waals surface area contributed by atoms with Gasteiger partial charge in [0, 0.05) is 18.0 Å². The number of carbonyl (C=O) groups is 1. The van der Waals surface area contributed by atoms with Crippen molar-refractivity contribution in [2.24, 2.45) is 0 Å². The molecule has 21 heavy (non-hydrogen) atoms. The van der Waals surface area contributed by atoms with Gasteiger partial charge in [-0.1, -0.05) is 18.2 Å². The van der Waals surface area contributed by atoms with E-state index in [0.29, 0.717) is 11.4 Å². The molecule has 5 nitrogen and oxygen atoms in total.